The second kappa shape index (κ2) is 10.1. The summed E-state index contributed by atoms with van der Waals surface area (Å²) < 4.78 is 4.71. The molecule has 2 N–H and O–H groups in total. The van der Waals surface area contributed by atoms with Crippen molar-refractivity contribution in [3.05, 3.63) is 0 Å². The predicted octanol–water partition coefficient (Wildman–Crippen LogP) is 3.08. The molecule has 0 amide bonds. The largest absolute Gasteiger partial charge is 0.469 e. The number of amidine groups is 1. The minimum Gasteiger partial charge on any atom is -0.469 e. The fourth-order valence-electron chi connectivity index (χ4n) is 2.41. The van der Waals surface area contributed by atoms with Gasteiger partial charge in [-0.2, -0.15) is 0 Å². The Morgan fingerprint density at radius 1 is 1.47 bits per heavy atom. The highest BCUT2D eigenvalue weighted by Gasteiger charge is 2.14. The molecular weight excluding hydrogens is 264 g/mol. The van der Waals surface area contributed by atoms with Gasteiger partial charge in [0.05, 0.1) is 24.9 Å². The number of nitrogens with two attached hydrogens (primary N) is 1. The van der Waals surface area contributed by atoms with E-state index < -0.39 is 0 Å². The first-order valence-corrected chi connectivity index (χ1v) is 7.03. The number of nitrogens with zero attached hydrogens (tertiary/aromatic N) is 1. The van der Waals surface area contributed by atoms with Crippen molar-refractivity contribution >= 4 is 24.2 Å². The molecule has 0 aromatic carbocycles. The van der Waals surface area contributed by atoms with Gasteiger partial charge in [-0.15, -0.1) is 12.4 Å². The van der Waals surface area contributed by atoms with E-state index in [2.05, 4.69) is 4.99 Å². The summed E-state index contributed by atoms with van der Waals surface area (Å²) >= 11 is 0. The number of ether oxygens (including phenoxy) is 1. The number of hydrogen-bond acceptors (Lipinski definition) is 4. The maximum absolute atomic E-state index is 11.2. The first-order chi connectivity index (χ1) is 8.63. The van der Waals surface area contributed by atoms with Crippen molar-refractivity contribution in [1.29, 1.82) is 0 Å². The van der Waals surface area contributed by atoms with Gasteiger partial charge in [0.25, 0.3) is 0 Å². The molecular formula is C14H27ClN2O2. The van der Waals surface area contributed by atoms with Crippen LogP contribution in [0.2, 0.25) is 0 Å². The molecule has 19 heavy (non-hydrogen) atoms. The first-order valence-electron chi connectivity index (χ1n) is 7.03. The van der Waals surface area contributed by atoms with Crippen LogP contribution in [0.4, 0.5) is 0 Å². The van der Waals surface area contributed by atoms with Crippen LogP contribution >= 0.6 is 12.4 Å². The van der Waals surface area contributed by atoms with Gasteiger partial charge in [-0.25, -0.2) is 0 Å². The molecule has 0 aromatic heterocycles. The summed E-state index contributed by atoms with van der Waals surface area (Å²) in [6.07, 6.45) is 8.68. The highest BCUT2D eigenvalue weighted by Crippen LogP contribution is 2.19. The topological polar surface area (TPSA) is 64.7 Å². The zero-order valence-electron chi connectivity index (χ0n) is 12.1. The number of unbranched alkanes of at least 4 members (excludes halogenated alkanes) is 1. The van der Waals surface area contributed by atoms with Crippen LogP contribution in [-0.4, -0.2) is 25.0 Å². The van der Waals surface area contributed by atoms with Gasteiger partial charge in [0.1, 0.15) is 0 Å². The van der Waals surface area contributed by atoms with E-state index >= 15 is 0 Å². The van der Waals surface area contributed by atoms with Crippen LogP contribution in [0.3, 0.4) is 0 Å². The van der Waals surface area contributed by atoms with E-state index in [0.717, 1.165) is 44.4 Å². The van der Waals surface area contributed by atoms with Crippen LogP contribution in [0.1, 0.15) is 58.3 Å². The van der Waals surface area contributed by atoms with E-state index in [1.165, 1.54) is 20.0 Å². The Hall–Kier alpha value is -0.770. The summed E-state index contributed by atoms with van der Waals surface area (Å²) in [5, 5.41) is 0. The van der Waals surface area contributed by atoms with Crippen LogP contribution in [0.15, 0.2) is 4.99 Å². The van der Waals surface area contributed by atoms with Crippen LogP contribution in [0, 0.1) is 5.92 Å². The molecule has 0 radical (unpaired) electrons. The van der Waals surface area contributed by atoms with Crippen molar-refractivity contribution < 1.29 is 9.53 Å². The Kier molecular flexibility index (Phi) is 9.66. The highest BCUT2D eigenvalue weighted by atomic mass is 35.5. The van der Waals surface area contributed by atoms with Crippen molar-refractivity contribution in [1.82, 2.24) is 0 Å². The molecule has 0 saturated carbocycles. The molecule has 0 aromatic rings. The fraction of sp³-hybridized carbons (Fsp3) is 0.857. The standard InChI is InChI=1S/C14H26N2O2.ClH/c1-11(14(17)18-2)7-3-4-8-12-9-5-6-10-13(15)16-12;/h11-12H,3-10H2,1-2H3,(H2,15,16);1H/t11-,12?;/m0./s1. The molecule has 0 bridgehead atoms. The Bertz CT molecular complexity index is 295. The van der Waals surface area contributed by atoms with Crippen LogP contribution in [-0.2, 0) is 9.53 Å². The molecule has 0 fully saturated rings. The van der Waals surface area contributed by atoms with Gasteiger partial charge in [-0.1, -0.05) is 26.2 Å². The number of methoxy groups -OCH3 is 1. The van der Waals surface area contributed by atoms with Gasteiger partial charge in [0, 0.05) is 6.42 Å². The third-order valence-corrected chi connectivity index (χ3v) is 3.60. The summed E-state index contributed by atoms with van der Waals surface area (Å²) in [7, 11) is 1.45. The molecule has 1 aliphatic heterocycles. The Labute approximate surface area is 122 Å². The third-order valence-electron chi connectivity index (χ3n) is 3.60. The summed E-state index contributed by atoms with van der Waals surface area (Å²) in [4.78, 5) is 15.8. The van der Waals surface area contributed by atoms with Gasteiger partial charge in [0.2, 0.25) is 0 Å². The van der Waals surface area contributed by atoms with Gasteiger partial charge in [0.15, 0.2) is 0 Å². The molecule has 4 nitrogen and oxygen atoms in total. The SMILES string of the molecule is COC(=O)[C@@H](C)CCCCC1CCCCC(N)=N1.Cl. The summed E-state index contributed by atoms with van der Waals surface area (Å²) in [5.41, 5.74) is 5.82. The smallest absolute Gasteiger partial charge is 0.308 e. The maximum atomic E-state index is 11.2. The molecule has 5 heteroatoms. The average Bonchev–Trinajstić information content (AvgIpc) is 2.57. The lowest BCUT2D eigenvalue weighted by Gasteiger charge is -2.12. The normalized spacial score (nSPS) is 20.7. The number of hydrogen-bond donors (Lipinski definition) is 1. The molecule has 2 atom stereocenters. The molecule has 1 rings (SSSR count). The predicted molar refractivity (Wildman–Crippen MR) is 80.8 cm³/mol. The van der Waals surface area contributed by atoms with Gasteiger partial charge in [-0.05, 0) is 25.7 Å². The van der Waals surface area contributed by atoms with E-state index in [-0.39, 0.29) is 24.3 Å². The molecule has 1 heterocycles. The van der Waals surface area contributed by atoms with Crippen LogP contribution in [0.5, 0.6) is 0 Å². The molecule has 0 saturated heterocycles. The number of aliphatic imine (C=N–C) groups is 1. The van der Waals surface area contributed by atoms with Crippen molar-refractivity contribution in [2.24, 2.45) is 16.6 Å². The van der Waals surface area contributed by atoms with Crippen molar-refractivity contribution in [3.8, 4) is 0 Å². The second-order valence-corrected chi connectivity index (χ2v) is 5.23. The van der Waals surface area contributed by atoms with Crippen molar-refractivity contribution in [3.63, 3.8) is 0 Å². The fourth-order valence-corrected chi connectivity index (χ4v) is 2.41. The summed E-state index contributed by atoms with van der Waals surface area (Å²) in [6.45, 7) is 1.92. The number of esters is 1. The van der Waals surface area contributed by atoms with Gasteiger partial charge in [-0.3, -0.25) is 9.79 Å². The quantitative estimate of drug-likeness (QED) is 0.604. The van der Waals surface area contributed by atoms with E-state index in [1.54, 1.807) is 0 Å². The van der Waals surface area contributed by atoms with E-state index in [4.69, 9.17) is 10.5 Å². The average molecular weight is 291 g/mol. The van der Waals surface area contributed by atoms with Crippen molar-refractivity contribution in [2.75, 3.05) is 7.11 Å². The molecule has 1 unspecified atom stereocenters. The van der Waals surface area contributed by atoms with Crippen LogP contribution < -0.4 is 5.73 Å². The van der Waals surface area contributed by atoms with Gasteiger partial charge < -0.3 is 10.5 Å². The first kappa shape index (κ1) is 18.2. The number of carbonyl (C=O) groups excluding carboxylic acids is 1. The van der Waals surface area contributed by atoms with E-state index in [1.807, 2.05) is 6.92 Å². The molecule has 0 aliphatic carbocycles. The maximum Gasteiger partial charge on any atom is 0.308 e. The Morgan fingerprint density at radius 3 is 2.89 bits per heavy atom. The Balaban J connectivity index is 0.00000324. The Morgan fingerprint density at radius 2 is 2.21 bits per heavy atom. The highest BCUT2D eigenvalue weighted by molar-refractivity contribution is 5.85. The zero-order chi connectivity index (χ0) is 13.4. The minimum absolute atomic E-state index is 0. The van der Waals surface area contributed by atoms with E-state index in [0.29, 0.717) is 6.04 Å². The number of rotatable bonds is 6. The van der Waals surface area contributed by atoms with E-state index in [9.17, 15) is 4.79 Å². The summed E-state index contributed by atoms with van der Waals surface area (Å²) in [6, 6.07) is 0.404. The lowest BCUT2D eigenvalue weighted by Crippen LogP contribution is -2.14. The minimum atomic E-state index is -0.105. The molecule has 1 aliphatic rings. The number of carbonyl (C=O) groups is 1. The third kappa shape index (κ3) is 7.41. The molecule has 0 spiro atoms. The molecule has 112 valence electrons. The lowest BCUT2D eigenvalue weighted by molar-refractivity contribution is -0.145. The van der Waals surface area contributed by atoms with Crippen molar-refractivity contribution in [2.45, 2.75) is 64.3 Å². The second-order valence-electron chi connectivity index (χ2n) is 5.23. The number of halogens is 1. The summed E-state index contributed by atoms with van der Waals surface area (Å²) in [5.74, 6) is 0.727. The van der Waals surface area contributed by atoms with Gasteiger partial charge >= 0.3 is 5.97 Å². The lowest BCUT2D eigenvalue weighted by atomic mass is 10.00. The zero-order valence-corrected chi connectivity index (χ0v) is 12.9. The van der Waals surface area contributed by atoms with Crippen LogP contribution in [0.25, 0.3) is 0 Å². The monoisotopic (exact) mass is 290 g/mol.